The summed E-state index contributed by atoms with van der Waals surface area (Å²) in [7, 11) is -4.76. The van der Waals surface area contributed by atoms with Crippen LogP contribution in [0.3, 0.4) is 0 Å². The molecule has 1 atom stereocenters. The van der Waals surface area contributed by atoms with Crippen molar-refractivity contribution in [2.45, 2.75) is 264 Å². The summed E-state index contributed by atoms with van der Waals surface area (Å²) >= 11 is 0. The molecule has 0 aliphatic heterocycles. The molecule has 0 bridgehead atoms. The number of rotatable bonds is 47. The Morgan fingerprint density at radius 1 is 0.433 bits per heavy atom. The Labute approximate surface area is 370 Å². The molecule has 0 saturated heterocycles. The summed E-state index contributed by atoms with van der Waals surface area (Å²) in [5.41, 5.74) is 0. The van der Waals surface area contributed by atoms with E-state index in [1.165, 1.54) is 173 Å². The Balaban J connectivity index is 3.83. The van der Waals surface area contributed by atoms with E-state index in [2.05, 4.69) is 54.8 Å². The van der Waals surface area contributed by atoms with E-state index in [-0.39, 0.29) is 19.4 Å². The van der Waals surface area contributed by atoms with E-state index >= 15 is 0 Å². The molecule has 0 amide bonds. The fourth-order valence-corrected chi connectivity index (χ4v) is 7.70. The maximum atomic E-state index is 12.5. The lowest BCUT2D eigenvalue weighted by atomic mass is 10.1. The number of carbonyl (C=O) groups is 2. The van der Waals surface area contributed by atoms with Crippen molar-refractivity contribution >= 4 is 19.8 Å². The number of hydrogen-bond acceptors (Lipinski definition) is 6. The van der Waals surface area contributed by atoms with E-state index in [1.807, 2.05) is 0 Å². The average molecular weight is 867 g/mol. The Morgan fingerprint density at radius 2 is 0.750 bits per heavy atom. The molecule has 1 unspecified atom stereocenters. The first-order valence-electron chi connectivity index (χ1n) is 25.3. The summed E-state index contributed by atoms with van der Waals surface area (Å²) in [6, 6.07) is 0. The largest absolute Gasteiger partial charge is 0.469 e. The standard InChI is InChI=1S/C51H95O8P/c1-3-5-7-9-11-13-15-17-19-21-23-25-27-29-31-33-35-37-39-41-43-45-50(52)57-47-49(48-58-60(54,55)56)59-51(53)46-44-42-40-38-36-34-32-30-28-26-24-22-20-18-16-14-12-10-8-6-4-2/h16,18,21-24,49H,3-15,17,19-20,25-48H2,1-2H3,(H2,54,55,56)/b18-16-,23-21-,24-22-. The van der Waals surface area contributed by atoms with Gasteiger partial charge in [0.05, 0.1) is 6.61 Å². The Bertz CT molecular complexity index is 1070. The lowest BCUT2D eigenvalue weighted by Gasteiger charge is -2.18. The number of allylic oxidation sites excluding steroid dienone is 6. The predicted octanol–water partition coefficient (Wildman–Crippen LogP) is 16.1. The molecular formula is C51H95O8P. The lowest BCUT2D eigenvalue weighted by molar-refractivity contribution is -0.161. The van der Waals surface area contributed by atoms with Crippen molar-refractivity contribution in [3.05, 3.63) is 36.5 Å². The van der Waals surface area contributed by atoms with Gasteiger partial charge >= 0.3 is 19.8 Å². The highest BCUT2D eigenvalue weighted by Gasteiger charge is 2.23. The molecule has 352 valence electrons. The molecule has 0 rings (SSSR count). The highest BCUT2D eigenvalue weighted by Crippen LogP contribution is 2.36. The number of hydrogen-bond donors (Lipinski definition) is 2. The highest BCUT2D eigenvalue weighted by atomic mass is 31.2. The van der Waals surface area contributed by atoms with Gasteiger partial charge in [0, 0.05) is 12.8 Å². The molecule has 9 heteroatoms. The van der Waals surface area contributed by atoms with E-state index in [4.69, 9.17) is 19.3 Å². The minimum atomic E-state index is -4.76. The van der Waals surface area contributed by atoms with E-state index in [1.54, 1.807) is 0 Å². The fourth-order valence-electron chi connectivity index (χ4n) is 7.34. The normalized spacial score (nSPS) is 12.7. The highest BCUT2D eigenvalue weighted by molar-refractivity contribution is 7.46. The van der Waals surface area contributed by atoms with E-state index < -0.39 is 32.5 Å². The molecule has 0 fully saturated rings. The fraction of sp³-hybridized carbons (Fsp3) is 0.843. The van der Waals surface area contributed by atoms with Crippen LogP contribution in [0, 0.1) is 0 Å². The summed E-state index contributed by atoms with van der Waals surface area (Å²) in [6.07, 6.45) is 57.3. The summed E-state index contributed by atoms with van der Waals surface area (Å²) in [5.74, 6) is -0.882. The SMILES string of the molecule is CCCCCCC/C=C\C/C=C\CCCCCCCCCCCC(=O)OC(COC(=O)CCCCCCCCCCC/C=C\CCCCCCCCCC)COP(=O)(O)O. The second kappa shape index (κ2) is 46.8. The minimum absolute atomic E-state index is 0.208. The smallest absolute Gasteiger partial charge is 0.462 e. The molecule has 0 radical (unpaired) electrons. The molecule has 0 aromatic carbocycles. The van der Waals surface area contributed by atoms with Crippen LogP contribution in [0.4, 0.5) is 0 Å². The third kappa shape index (κ3) is 48.9. The van der Waals surface area contributed by atoms with Crippen LogP contribution >= 0.6 is 7.82 Å². The summed E-state index contributed by atoms with van der Waals surface area (Å²) < 4.78 is 26.5. The molecule has 8 nitrogen and oxygen atoms in total. The molecule has 60 heavy (non-hydrogen) atoms. The van der Waals surface area contributed by atoms with Gasteiger partial charge < -0.3 is 19.3 Å². The Morgan fingerprint density at radius 3 is 1.12 bits per heavy atom. The van der Waals surface area contributed by atoms with Crippen molar-refractivity contribution in [3.63, 3.8) is 0 Å². The summed E-state index contributed by atoms with van der Waals surface area (Å²) in [6.45, 7) is 3.71. The molecule has 0 aliphatic carbocycles. The van der Waals surface area contributed by atoms with Crippen LogP contribution in [0.25, 0.3) is 0 Å². The molecular weight excluding hydrogens is 772 g/mol. The topological polar surface area (TPSA) is 119 Å². The third-order valence-electron chi connectivity index (χ3n) is 11.1. The number of phosphoric acid groups is 1. The van der Waals surface area contributed by atoms with E-state index in [0.717, 1.165) is 51.4 Å². The Kier molecular flexibility index (Phi) is 45.4. The predicted molar refractivity (Wildman–Crippen MR) is 253 cm³/mol. The van der Waals surface area contributed by atoms with Gasteiger partial charge in [-0.25, -0.2) is 4.57 Å². The van der Waals surface area contributed by atoms with Gasteiger partial charge in [-0.05, 0) is 70.6 Å². The number of unbranched alkanes of at least 4 members (excludes halogenated alkanes) is 31. The van der Waals surface area contributed by atoms with Gasteiger partial charge in [0.1, 0.15) is 6.61 Å². The second-order valence-corrected chi connectivity index (χ2v) is 18.4. The summed E-state index contributed by atoms with van der Waals surface area (Å²) in [5, 5.41) is 0. The van der Waals surface area contributed by atoms with Gasteiger partial charge in [0.2, 0.25) is 0 Å². The first-order valence-corrected chi connectivity index (χ1v) is 26.8. The molecule has 0 aliphatic rings. The zero-order valence-corrected chi connectivity index (χ0v) is 40.0. The minimum Gasteiger partial charge on any atom is -0.462 e. The quantitative estimate of drug-likeness (QED) is 0.0269. The maximum absolute atomic E-state index is 12.5. The second-order valence-electron chi connectivity index (χ2n) is 17.1. The zero-order valence-electron chi connectivity index (χ0n) is 39.1. The van der Waals surface area contributed by atoms with Crippen molar-refractivity contribution in [2.24, 2.45) is 0 Å². The number of ether oxygens (including phenoxy) is 2. The molecule has 0 saturated carbocycles. The van der Waals surface area contributed by atoms with Crippen LogP contribution in [0.15, 0.2) is 36.5 Å². The summed E-state index contributed by atoms with van der Waals surface area (Å²) in [4.78, 5) is 43.1. The van der Waals surface area contributed by atoms with Crippen molar-refractivity contribution in [1.82, 2.24) is 0 Å². The molecule has 0 heterocycles. The van der Waals surface area contributed by atoms with Crippen LogP contribution in [-0.4, -0.2) is 41.0 Å². The van der Waals surface area contributed by atoms with Gasteiger partial charge in [-0.3, -0.25) is 14.1 Å². The van der Waals surface area contributed by atoms with Crippen LogP contribution in [0.5, 0.6) is 0 Å². The lowest BCUT2D eigenvalue weighted by Crippen LogP contribution is -2.29. The van der Waals surface area contributed by atoms with Gasteiger partial charge in [-0.15, -0.1) is 0 Å². The van der Waals surface area contributed by atoms with Gasteiger partial charge in [0.25, 0.3) is 0 Å². The van der Waals surface area contributed by atoms with Crippen molar-refractivity contribution in [2.75, 3.05) is 13.2 Å². The monoisotopic (exact) mass is 867 g/mol. The van der Waals surface area contributed by atoms with Crippen LogP contribution < -0.4 is 0 Å². The van der Waals surface area contributed by atoms with Gasteiger partial charge in [-0.1, -0.05) is 211 Å². The maximum Gasteiger partial charge on any atom is 0.469 e. The number of carbonyl (C=O) groups excluding carboxylic acids is 2. The first-order chi connectivity index (χ1) is 29.3. The van der Waals surface area contributed by atoms with Crippen molar-refractivity contribution < 1.29 is 37.9 Å². The van der Waals surface area contributed by atoms with Gasteiger partial charge in [-0.2, -0.15) is 0 Å². The number of esters is 2. The molecule has 0 aromatic rings. The first kappa shape index (κ1) is 58.3. The zero-order chi connectivity index (χ0) is 43.9. The molecule has 2 N–H and O–H groups in total. The molecule has 0 aromatic heterocycles. The van der Waals surface area contributed by atoms with Gasteiger partial charge in [0.15, 0.2) is 6.10 Å². The van der Waals surface area contributed by atoms with Crippen LogP contribution in [0.1, 0.15) is 258 Å². The molecule has 0 spiro atoms. The van der Waals surface area contributed by atoms with E-state index in [9.17, 15) is 14.2 Å². The average Bonchev–Trinajstić information content (AvgIpc) is 3.22. The Hall–Kier alpha value is -1.73. The van der Waals surface area contributed by atoms with Crippen molar-refractivity contribution in [3.8, 4) is 0 Å². The number of phosphoric ester groups is 1. The third-order valence-corrected chi connectivity index (χ3v) is 11.6. The van der Waals surface area contributed by atoms with E-state index in [0.29, 0.717) is 6.42 Å². The van der Waals surface area contributed by atoms with Crippen LogP contribution in [-0.2, 0) is 28.2 Å². The van der Waals surface area contributed by atoms with Crippen LogP contribution in [0.2, 0.25) is 0 Å². The van der Waals surface area contributed by atoms with Crippen molar-refractivity contribution in [1.29, 1.82) is 0 Å².